The molecule has 0 aliphatic carbocycles. The third kappa shape index (κ3) is 2.42. The monoisotopic (exact) mass is 161 g/mol. The molecule has 0 N–H and O–H groups in total. The molecule has 0 amide bonds. The Bertz CT molecular complexity index is 256. The SMILES string of the molecule is C=C1/C=C\C(C)=C/C/C=C\N1C. The highest BCUT2D eigenvalue weighted by Gasteiger charge is 1.94. The summed E-state index contributed by atoms with van der Waals surface area (Å²) in [6, 6.07) is 0. The molecule has 0 unspecified atom stereocenters. The van der Waals surface area contributed by atoms with Crippen LogP contribution in [-0.4, -0.2) is 11.9 Å². The van der Waals surface area contributed by atoms with Gasteiger partial charge in [0.05, 0.1) is 0 Å². The van der Waals surface area contributed by atoms with Gasteiger partial charge in [0.25, 0.3) is 0 Å². The van der Waals surface area contributed by atoms with Gasteiger partial charge in [0, 0.05) is 12.7 Å². The molecule has 1 aliphatic rings. The Morgan fingerprint density at radius 3 is 2.92 bits per heavy atom. The first-order chi connectivity index (χ1) is 5.70. The lowest BCUT2D eigenvalue weighted by Crippen LogP contribution is -2.06. The van der Waals surface area contributed by atoms with Crippen molar-refractivity contribution in [2.45, 2.75) is 13.3 Å². The van der Waals surface area contributed by atoms with Crippen LogP contribution in [0.3, 0.4) is 0 Å². The fourth-order valence-corrected chi connectivity index (χ4v) is 0.982. The van der Waals surface area contributed by atoms with Crippen LogP contribution >= 0.6 is 0 Å². The summed E-state index contributed by atoms with van der Waals surface area (Å²) in [7, 11) is 2.00. The standard InChI is InChI=1S/C11H15N/c1-10-6-4-5-9-12(3)11(2)8-7-10/h5-9H,2,4H2,1,3H3/b8-7-,9-5-,10-6-. The molecule has 0 saturated carbocycles. The van der Waals surface area contributed by atoms with Gasteiger partial charge in [-0.2, -0.15) is 0 Å². The third-order valence-electron chi connectivity index (χ3n) is 1.90. The Labute approximate surface area is 74.4 Å². The van der Waals surface area contributed by atoms with Crippen LogP contribution in [0.4, 0.5) is 0 Å². The quantitative estimate of drug-likeness (QED) is 0.528. The maximum atomic E-state index is 3.93. The molecule has 0 radical (unpaired) electrons. The fraction of sp³-hybridized carbons (Fsp3) is 0.273. The topological polar surface area (TPSA) is 3.24 Å². The van der Waals surface area contributed by atoms with Crippen LogP contribution in [0.2, 0.25) is 0 Å². The number of hydrogen-bond donors (Lipinski definition) is 0. The fourth-order valence-electron chi connectivity index (χ4n) is 0.982. The van der Waals surface area contributed by atoms with Gasteiger partial charge < -0.3 is 4.90 Å². The summed E-state index contributed by atoms with van der Waals surface area (Å²) in [6.45, 7) is 6.03. The number of rotatable bonds is 0. The minimum atomic E-state index is 0.994. The Kier molecular flexibility index (Phi) is 2.92. The van der Waals surface area contributed by atoms with Gasteiger partial charge in [0.15, 0.2) is 0 Å². The zero-order chi connectivity index (χ0) is 8.97. The van der Waals surface area contributed by atoms with Gasteiger partial charge in [-0.3, -0.25) is 0 Å². The number of hydrogen-bond acceptors (Lipinski definition) is 1. The van der Waals surface area contributed by atoms with E-state index in [9.17, 15) is 0 Å². The van der Waals surface area contributed by atoms with Crippen molar-refractivity contribution in [3.63, 3.8) is 0 Å². The molecule has 12 heavy (non-hydrogen) atoms. The van der Waals surface area contributed by atoms with Crippen molar-refractivity contribution < 1.29 is 0 Å². The van der Waals surface area contributed by atoms with E-state index in [0.29, 0.717) is 0 Å². The molecule has 1 rings (SSSR count). The van der Waals surface area contributed by atoms with Crippen molar-refractivity contribution in [3.05, 3.63) is 48.4 Å². The van der Waals surface area contributed by atoms with Gasteiger partial charge in [-0.15, -0.1) is 0 Å². The summed E-state index contributed by atoms with van der Waals surface area (Å²) in [5, 5.41) is 0. The van der Waals surface area contributed by atoms with Crippen LogP contribution < -0.4 is 0 Å². The minimum Gasteiger partial charge on any atom is -0.352 e. The number of nitrogens with zero attached hydrogens (tertiary/aromatic N) is 1. The van der Waals surface area contributed by atoms with E-state index in [4.69, 9.17) is 0 Å². The molecule has 0 spiro atoms. The van der Waals surface area contributed by atoms with Gasteiger partial charge in [-0.05, 0) is 25.6 Å². The maximum absolute atomic E-state index is 3.93. The second-order valence-electron chi connectivity index (χ2n) is 3.00. The summed E-state index contributed by atoms with van der Waals surface area (Å²) < 4.78 is 0. The van der Waals surface area contributed by atoms with Crippen LogP contribution in [-0.2, 0) is 0 Å². The molecule has 1 nitrogen and oxygen atoms in total. The second kappa shape index (κ2) is 3.96. The van der Waals surface area contributed by atoms with Crippen molar-refractivity contribution in [1.29, 1.82) is 0 Å². The van der Waals surface area contributed by atoms with Crippen LogP contribution in [0.1, 0.15) is 13.3 Å². The largest absolute Gasteiger partial charge is 0.352 e. The van der Waals surface area contributed by atoms with E-state index in [2.05, 4.69) is 31.7 Å². The van der Waals surface area contributed by atoms with E-state index < -0.39 is 0 Å². The molecule has 0 aromatic rings. The Hall–Kier alpha value is -1.24. The third-order valence-corrected chi connectivity index (χ3v) is 1.90. The molecule has 0 fully saturated rings. The summed E-state index contributed by atoms with van der Waals surface area (Å²) in [5.41, 5.74) is 2.30. The van der Waals surface area contributed by atoms with Crippen molar-refractivity contribution in [2.75, 3.05) is 7.05 Å². The zero-order valence-corrected chi connectivity index (χ0v) is 7.75. The summed E-state index contributed by atoms with van der Waals surface area (Å²) in [6.07, 6.45) is 11.5. The zero-order valence-electron chi connectivity index (χ0n) is 7.75. The van der Waals surface area contributed by atoms with Crippen LogP contribution in [0.15, 0.2) is 48.4 Å². The summed E-state index contributed by atoms with van der Waals surface area (Å²) in [4.78, 5) is 2.02. The van der Waals surface area contributed by atoms with Gasteiger partial charge in [-0.25, -0.2) is 0 Å². The van der Waals surface area contributed by atoms with E-state index in [-0.39, 0.29) is 0 Å². The van der Waals surface area contributed by atoms with Crippen molar-refractivity contribution in [2.24, 2.45) is 0 Å². The average molecular weight is 161 g/mol. The predicted molar refractivity (Wildman–Crippen MR) is 53.6 cm³/mol. The first-order valence-corrected chi connectivity index (χ1v) is 4.13. The first-order valence-electron chi connectivity index (χ1n) is 4.13. The van der Waals surface area contributed by atoms with E-state index in [1.807, 2.05) is 24.2 Å². The normalized spacial score (nSPS) is 28.0. The smallest absolute Gasteiger partial charge is 0.0330 e. The second-order valence-corrected chi connectivity index (χ2v) is 3.00. The Morgan fingerprint density at radius 1 is 1.42 bits per heavy atom. The summed E-state index contributed by atoms with van der Waals surface area (Å²) in [5.74, 6) is 0. The molecule has 64 valence electrons. The minimum absolute atomic E-state index is 0.994. The highest BCUT2D eigenvalue weighted by atomic mass is 15.1. The highest BCUT2D eigenvalue weighted by molar-refractivity contribution is 5.26. The van der Waals surface area contributed by atoms with Crippen LogP contribution in [0, 0.1) is 0 Å². The van der Waals surface area contributed by atoms with Gasteiger partial charge in [0.2, 0.25) is 0 Å². The van der Waals surface area contributed by atoms with E-state index >= 15 is 0 Å². The maximum Gasteiger partial charge on any atom is 0.0330 e. The van der Waals surface area contributed by atoms with Crippen LogP contribution in [0.5, 0.6) is 0 Å². The molecule has 1 heterocycles. The Balaban J connectivity index is 2.83. The Morgan fingerprint density at radius 2 is 2.17 bits per heavy atom. The highest BCUT2D eigenvalue weighted by Crippen LogP contribution is 2.08. The van der Waals surface area contributed by atoms with Crippen molar-refractivity contribution >= 4 is 0 Å². The molecule has 0 saturated heterocycles. The predicted octanol–water partition coefficient (Wildman–Crippen LogP) is 2.85. The van der Waals surface area contributed by atoms with Gasteiger partial charge in [-0.1, -0.05) is 30.4 Å². The lowest BCUT2D eigenvalue weighted by Gasteiger charge is -2.12. The lowest BCUT2D eigenvalue weighted by atomic mass is 10.2. The number of likely N-dealkylation sites (N-methyl/N-ethyl adjacent to an activating group) is 1. The molecular weight excluding hydrogens is 146 g/mol. The lowest BCUT2D eigenvalue weighted by molar-refractivity contribution is 0.590. The average Bonchev–Trinajstić information content (AvgIpc) is 2.11. The molecule has 0 bridgehead atoms. The molecule has 0 atom stereocenters. The summed E-state index contributed by atoms with van der Waals surface area (Å²) >= 11 is 0. The van der Waals surface area contributed by atoms with Gasteiger partial charge >= 0.3 is 0 Å². The van der Waals surface area contributed by atoms with Crippen molar-refractivity contribution in [3.8, 4) is 0 Å². The number of allylic oxidation sites excluding steroid dienone is 5. The van der Waals surface area contributed by atoms with Crippen LogP contribution in [0.25, 0.3) is 0 Å². The van der Waals surface area contributed by atoms with E-state index in [0.717, 1.165) is 12.1 Å². The molecule has 0 aromatic carbocycles. The van der Waals surface area contributed by atoms with Crippen molar-refractivity contribution in [1.82, 2.24) is 4.90 Å². The van der Waals surface area contributed by atoms with Gasteiger partial charge in [0.1, 0.15) is 0 Å². The molecule has 0 aromatic heterocycles. The van der Waals surface area contributed by atoms with E-state index in [1.54, 1.807) is 0 Å². The van der Waals surface area contributed by atoms with E-state index in [1.165, 1.54) is 5.57 Å². The molecular formula is C11H15N. The molecule has 1 aliphatic heterocycles. The first kappa shape index (κ1) is 8.85. The molecule has 1 heteroatoms.